The molecule has 0 saturated carbocycles. The first-order valence-electron chi connectivity index (χ1n) is 9.94. The predicted molar refractivity (Wildman–Crippen MR) is 115 cm³/mol. The Morgan fingerprint density at radius 3 is 2.36 bits per heavy atom. The fourth-order valence-corrected chi connectivity index (χ4v) is 5.59. The third kappa shape index (κ3) is 1.70. The van der Waals surface area contributed by atoms with Crippen molar-refractivity contribution in [2.75, 3.05) is 0 Å². The van der Waals surface area contributed by atoms with Gasteiger partial charge >= 0.3 is 0 Å². The van der Waals surface area contributed by atoms with Crippen molar-refractivity contribution in [3.05, 3.63) is 83.3 Å². The van der Waals surface area contributed by atoms with E-state index in [1.165, 1.54) is 49.7 Å². The first kappa shape index (κ1) is 16.0. The van der Waals surface area contributed by atoms with Crippen molar-refractivity contribution in [2.45, 2.75) is 38.5 Å². The maximum Gasteiger partial charge on any atom is 0.0746 e. The van der Waals surface area contributed by atoms with Crippen LogP contribution in [0.4, 0.5) is 0 Å². The lowest BCUT2D eigenvalue weighted by atomic mass is 9.77. The van der Waals surface area contributed by atoms with Gasteiger partial charge in [-0.15, -0.1) is 0 Å². The molecular weight excluding hydrogens is 340 g/mol. The summed E-state index contributed by atoms with van der Waals surface area (Å²) in [7, 11) is 0. The molecule has 0 amide bonds. The fraction of sp³-hybridized carbons (Fsp3) is 0.231. The average Bonchev–Trinajstić information content (AvgIpc) is 3.08. The van der Waals surface area contributed by atoms with Crippen LogP contribution in [0.2, 0.25) is 0 Å². The van der Waals surface area contributed by atoms with Gasteiger partial charge in [0.05, 0.1) is 5.69 Å². The number of rotatable bonds is 0. The summed E-state index contributed by atoms with van der Waals surface area (Å²) in [6.45, 7) is 9.39. The highest BCUT2D eigenvalue weighted by Gasteiger charge is 2.45. The summed E-state index contributed by atoms with van der Waals surface area (Å²) in [5.41, 5.74) is 10.7. The summed E-state index contributed by atoms with van der Waals surface area (Å²) in [6.07, 6.45) is 5.81. The van der Waals surface area contributed by atoms with Crippen LogP contribution in [0.25, 0.3) is 33.2 Å². The van der Waals surface area contributed by atoms with Gasteiger partial charge in [-0.25, -0.2) is 0 Å². The molecule has 2 aliphatic rings. The number of hydrogen-bond donors (Lipinski definition) is 0. The van der Waals surface area contributed by atoms with Crippen LogP contribution in [0.1, 0.15) is 49.9 Å². The predicted octanol–water partition coefficient (Wildman–Crippen LogP) is 6.24. The Hall–Kier alpha value is -3.00. The van der Waals surface area contributed by atoms with Gasteiger partial charge in [-0.05, 0) is 50.9 Å². The second-order valence-electron chi connectivity index (χ2n) is 9.15. The van der Waals surface area contributed by atoms with E-state index < -0.39 is 0 Å². The largest absolute Gasteiger partial charge is 0.264 e. The molecule has 0 bridgehead atoms. The Bertz CT molecular complexity index is 1310. The van der Waals surface area contributed by atoms with Crippen molar-refractivity contribution in [3.8, 4) is 22.4 Å². The van der Waals surface area contributed by atoms with E-state index in [0.717, 1.165) is 5.69 Å². The average molecular weight is 362 g/mol. The summed E-state index contributed by atoms with van der Waals surface area (Å²) >= 11 is 0. The molecule has 0 N–H and O–H groups in total. The monoisotopic (exact) mass is 362 g/mol. The molecule has 2 nitrogen and oxygen atoms in total. The first-order valence-corrected chi connectivity index (χ1v) is 9.94. The van der Waals surface area contributed by atoms with Crippen molar-refractivity contribution in [2.24, 2.45) is 0 Å². The van der Waals surface area contributed by atoms with Crippen molar-refractivity contribution in [3.63, 3.8) is 0 Å². The lowest BCUT2D eigenvalue weighted by Crippen LogP contribution is -2.18. The van der Waals surface area contributed by atoms with E-state index >= 15 is 0 Å². The first-order chi connectivity index (χ1) is 13.4. The van der Waals surface area contributed by atoms with E-state index in [1.807, 2.05) is 18.6 Å². The number of fused-ring (bicyclic) bond motifs is 9. The Labute approximate surface area is 165 Å². The van der Waals surface area contributed by atoms with Gasteiger partial charge in [0.25, 0.3) is 0 Å². The molecule has 0 atom stereocenters. The van der Waals surface area contributed by atoms with E-state index in [4.69, 9.17) is 4.98 Å². The van der Waals surface area contributed by atoms with Gasteiger partial charge in [-0.1, -0.05) is 58.0 Å². The minimum atomic E-state index is -0.0723. The number of pyridine rings is 2. The molecule has 0 aliphatic heterocycles. The highest BCUT2D eigenvalue weighted by atomic mass is 14.7. The molecule has 2 aromatic carbocycles. The SMILES string of the molecule is CC1(C)c2ccc3c(c2-c2c1ccc1cnccc21)C(C)(C)c1cccnc1-3. The number of nitrogens with zero attached hydrogens (tertiary/aromatic N) is 2. The van der Waals surface area contributed by atoms with Gasteiger partial charge in [0.15, 0.2) is 0 Å². The fourth-order valence-electron chi connectivity index (χ4n) is 5.59. The molecule has 2 heteroatoms. The minimum absolute atomic E-state index is 0.0184. The van der Waals surface area contributed by atoms with Crippen molar-refractivity contribution in [1.82, 2.24) is 9.97 Å². The highest BCUT2D eigenvalue weighted by molar-refractivity contribution is 6.05. The Morgan fingerprint density at radius 2 is 1.50 bits per heavy atom. The van der Waals surface area contributed by atoms with Gasteiger partial charge in [0.1, 0.15) is 0 Å². The van der Waals surface area contributed by atoms with Gasteiger partial charge < -0.3 is 0 Å². The molecule has 2 aliphatic carbocycles. The zero-order chi connectivity index (χ0) is 19.3. The van der Waals surface area contributed by atoms with Gasteiger partial charge in [0.2, 0.25) is 0 Å². The number of benzene rings is 2. The molecule has 2 heterocycles. The zero-order valence-electron chi connectivity index (χ0n) is 16.7. The molecule has 4 aromatic rings. The zero-order valence-corrected chi connectivity index (χ0v) is 16.7. The van der Waals surface area contributed by atoms with E-state index in [0.29, 0.717) is 0 Å². The molecule has 0 fully saturated rings. The summed E-state index contributed by atoms with van der Waals surface area (Å²) in [4.78, 5) is 9.12. The van der Waals surface area contributed by atoms with Crippen LogP contribution >= 0.6 is 0 Å². The molecule has 0 unspecified atom stereocenters. The summed E-state index contributed by atoms with van der Waals surface area (Å²) in [5.74, 6) is 0. The molecule has 0 radical (unpaired) electrons. The molecule has 0 spiro atoms. The molecule has 28 heavy (non-hydrogen) atoms. The lowest BCUT2D eigenvalue weighted by molar-refractivity contribution is 0.647. The second-order valence-corrected chi connectivity index (χ2v) is 9.15. The molecule has 2 aromatic heterocycles. The maximum atomic E-state index is 4.77. The Kier molecular flexibility index (Phi) is 2.79. The summed E-state index contributed by atoms with van der Waals surface area (Å²) in [6, 6.07) is 15.6. The quantitative estimate of drug-likeness (QED) is 0.370. The van der Waals surface area contributed by atoms with Crippen molar-refractivity contribution >= 4 is 10.8 Å². The minimum Gasteiger partial charge on any atom is -0.264 e. The summed E-state index contributed by atoms with van der Waals surface area (Å²) in [5, 5.41) is 2.50. The van der Waals surface area contributed by atoms with Gasteiger partial charge in [-0.3, -0.25) is 9.97 Å². The van der Waals surface area contributed by atoms with Gasteiger partial charge in [-0.2, -0.15) is 0 Å². The second kappa shape index (κ2) is 4.88. The van der Waals surface area contributed by atoms with E-state index in [1.54, 1.807) is 0 Å². The van der Waals surface area contributed by atoms with Crippen LogP contribution in [0.3, 0.4) is 0 Å². The number of hydrogen-bond acceptors (Lipinski definition) is 2. The van der Waals surface area contributed by atoms with Crippen molar-refractivity contribution in [1.29, 1.82) is 0 Å². The van der Waals surface area contributed by atoms with Crippen LogP contribution < -0.4 is 0 Å². The van der Waals surface area contributed by atoms with E-state index in [-0.39, 0.29) is 10.8 Å². The Morgan fingerprint density at radius 1 is 0.714 bits per heavy atom. The maximum absolute atomic E-state index is 4.77. The van der Waals surface area contributed by atoms with Crippen molar-refractivity contribution < 1.29 is 0 Å². The molecule has 136 valence electrons. The van der Waals surface area contributed by atoms with Crippen LogP contribution in [-0.4, -0.2) is 9.97 Å². The topological polar surface area (TPSA) is 25.8 Å². The molecule has 0 saturated heterocycles. The smallest absolute Gasteiger partial charge is 0.0746 e. The Balaban J connectivity index is 1.82. The third-order valence-electron chi connectivity index (χ3n) is 6.98. The standard InChI is InChI=1S/C26H22N2/c1-25(2)18-9-7-15-14-27-13-11-16(15)21(18)22-19(25)10-8-17-23(22)26(3,4)20-6-5-12-28-24(17)20/h5-14H,1-4H3. The van der Waals surface area contributed by atoms with E-state index in [9.17, 15) is 0 Å². The van der Waals surface area contributed by atoms with Crippen LogP contribution in [0.5, 0.6) is 0 Å². The van der Waals surface area contributed by atoms with Crippen LogP contribution in [-0.2, 0) is 10.8 Å². The summed E-state index contributed by atoms with van der Waals surface area (Å²) < 4.78 is 0. The van der Waals surface area contributed by atoms with Gasteiger partial charge in [0, 0.05) is 40.4 Å². The molecule has 6 rings (SSSR count). The highest BCUT2D eigenvalue weighted by Crippen LogP contribution is 2.59. The van der Waals surface area contributed by atoms with Crippen LogP contribution in [0.15, 0.2) is 61.1 Å². The number of aromatic nitrogens is 2. The van der Waals surface area contributed by atoms with E-state index in [2.05, 4.69) is 75.1 Å². The lowest BCUT2D eigenvalue weighted by Gasteiger charge is -2.26. The normalized spacial score (nSPS) is 17.1. The van der Waals surface area contributed by atoms with Crippen LogP contribution in [0, 0.1) is 0 Å². The molecular formula is C26H22N2. The third-order valence-corrected chi connectivity index (χ3v) is 6.98.